The first kappa shape index (κ1) is 17.9. The molecular weight excluding hydrogens is 350 g/mol. The molecule has 3 rings (SSSR count). The van der Waals surface area contributed by atoms with E-state index in [1.807, 2.05) is 19.1 Å². The van der Waals surface area contributed by atoms with E-state index < -0.39 is 6.10 Å². The minimum Gasteiger partial charge on any atom is -0.386 e. The molecule has 4 nitrogen and oxygen atoms in total. The van der Waals surface area contributed by atoms with Gasteiger partial charge in [0.2, 0.25) is 0 Å². The highest BCUT2D eigenvalue weighted by molar-refractivity contribution is 7.19. The van der Waals surface area contributed by atoms with Crippen molar-refractivity contribution in [2.45, 2.75) is 19.4 Å². The van der Waals surface area contributed by atoms with E-state index in [4.69, 9.17) is 0 Å². The van der Waals surface area contributed by atoms with Gasteiger partial charge < -0.3 is 15.7 Å². The third-order valence-electron chi connectivity index (χ3n) is 3.78. The van der Waals surface area contributed by atoms with Crippen molar-refractivity contribution < 1.29 is 5.11 Å². The van der Waals surface area contributed by atoms with E-state index >= 15 is 0 Å². The zero-order valence-electron chi connectivity index (χ0n) is 14.2. The number of rotatable bonds is 7. The van der Waals surface area contributed by atoms with Crippen molar-refractivity contribution in [3.8, 4) is 0 Å². The summed E-state index contributed by atoms with van der Waals surface area (Å²) in [5.41, 5.74) is 0. The van der Waals surface area contributed by atoms with Gasteiger partial charge in [0.1, 0.15) is 6.10 Å². The monoisotopic (exact) mass is 373 g/mol. The fourth-order valence-electron chi connectivity index (χ4n) is 2.54. The van der Waals surface area contributed by atoms with Crippen LogP contribution in [0.3, 0.4) is 0 Å². The lowest BCUT2D eigenvalue weighted by Crippen LogP contribution is -2.38. The number of aliphatic imine (C=N–C) groups is 1. The highest BCUT2D eigenvalue weighted by atomic mass is 32.1. The molecule has 0 fully saturated rings. The van der Waals surface area contributed by atoms with E-state index in [1.165, 1.54) is 15.0 Å². The summed E-state index contributed by atoms with van der Waals surface area (Å²) in [6.07, 6.45) is 0.395. The molecule has 1 aromatic carbocycles. The normalized spacial score (nSPS) is 13.1. The van der Waals surface area contributed by atoms with Crippen molar-refractivity contribution in [1.29, 1.82) is 0 Å². The second-order valence-corrected chi connectivity index (χ2v) is 7.83. The second-order valence-electron chi connectivity index (χ2n) is 5.68. The molecule has 0 amide bonds. The molecule has 3 aromatic rings. The maximum atomic E-state index is 10.5. The molecule has 3 N–H and O–H groups in total. The van der Waals surface area contributed by atoms with Gasteiger partial charge in [0.25, 0.3) is 0 Å². The van der Waals surface area contributed by atoms with Crippen LogP contribution in [-0.4, -0.2) is 30.7 Å². The highest BCUT2D eigenvalue weighted by Crippen LogP contribution is 2.29. The van der Waals surface area contributed by atoms with Gasteiger partial charge in [-0.15, -0.1) is 22.7 Å². The van der Waals surface area contributed by atoms with Crippen LogP contribution in [0, 0.1) is 0 Å². The molecule has 2 heterocycles. The number of hydrogen-bond donors (Lipinski definition) is 3. The van der Waals surface area contributed by atoms with Crippen molar-refractivity contribution in [2.24, 2.45) is 4.99 Å². The Morgan fingerprint density at radius 3 is 2.84 bits per heavy atom. The van der Waals surface area contributed by atoms with Gasteiger partial charge in [-0.25, -0.2) is 0 Å². The molecule has 132 valence electrons. The summed E-state index contributed by atoms with van der Waals surface area (Å²) >= 11 is 3.39. The average molecular weight is 374 g/mol. The van der Waals surface area contributed by atoms with Crippen LogP contribution < -0.4 is 10.6 Å². The van der Waals surface area contributed by atoms with Crippen LogP contribution in [0.4, 0.5) is 0 Å². The number of thiophene rings is 2. The molecule has 0 spiro atoms. The van der Waals surface area contributed by atoms with E-state index in [2.05, 4.69) is 51.3 Å². The Labute approximate surface area is 156 Å². The quantitative estimate of drug-likeness (QED) is 0.436. The second kappa shape index (κ2) is 8.99. The van der Waals surface area contributed by atoms with Gasteiger partial charge in [-0.2, -0.15) is 0 Å². The number of nitrogens with one attached hydrogen (secondary N) is 2. The number of aliphatic hydroxyl groups is 1. The minimum absolute atomic E-state index is 0.348. The molecule has 0 aliphatic rings. The Balaban J connectivity index is 1.57. The lowest BCUT2D eigenvalue weighted by Gasteiger charge is -2.12. The summed E-state index contributed by atoms with van der Waals surface area (Å²) in [5.74, 6) is 0.749. The maximum absolute atomic E-state index is 10.5. The summed E-state index contributed by atoms with van der Waals surface area (Å²) < 4.78 is 1.20. The molecule has 1 unspecified atom stereocenters. The fourth-order valence-corrected chi connectivity index (χ4v) is 4.29. The summed E-state index contributed by atoms with van der Waals surface area (Å²) in [4.78, 5) is 6.85. The lowest BCUT2D eigenvalue weighted by molar-refractivity contribution is 0.191. The first-order valence-electron chi connectivity index (χ1n) is 8.47. The molecule has 0 bridgehead atoms. The number of fused-ring (bicyclic) bond motifs is 1. The maximum Gasteiger partial charge on any atom is 0.191 e. The average Bonchev–Trinajstić information content (AvgIpc) is 3.28. The smallest absolute Gasteiger partial charge is 0.191 e. The van der Waals surface area contributed by atoms with Gasteiger partial charge in [-0.05, 0) is 42.3 Å². The van der Waals surface area contributed by atoms with E-state index in [0.29, 0.717) is 6.54 Å². The lowest BCUT2D eigenvalue weighted by atomic mass is 10.2. The molecule has 0 saturated heterocycles. The summed E-state index contributed by atoms with van der Waals surface area (Å²) in [6.45, 7) is 4.01. The van der Waals surface area contributed by atoms with Crippen LogP contribution >= 0.6 is 22.7 Å². The number of nitrogens with zero attached hydrogens (tertiary/aromatic N) is 1. The summed E-state index contributed by atoms with van der Waals surface area (Å²) in [7, 11) is 0. The van der Waals surface area contributed by atoms with Gasteiger partial charge in [0.05, 0.1) is 6.54 Å². The van der Waals surface area contributed by atoms with Gasteiger partial charge in [-0.3, -0.25) is 4.99 Å². The Morgan fingerprint density at radius 2 is 2.08 bits per heavy atom. The highest BCUT2D eigenvalue weighted by Gasteiger charge is 2.11. The SMILES string of the molecule is CCNC(=NCC(O)c1cc2ccccc2s1)NCCc1cccs1. The number of benzene rings is 1. The molecule has 1 atom stereocenters. The predicted octanol–water partition coefficient (Wildman–Crippen LogP) is 3.79. The van der Waals surface area contributed by atoms with E-state index in [-0.39, 0.29) is 0 Å². The van der Waals surface area contributed by atoms with Gasteiger partial charge in [-0.1, -0.05) is 24.3 Å². The first-order chi connectivity index (χ1) is 12.3. The molecular formula is C19H23N3OS2. The van der Waals surface area contributed by atoms with Crippen LogP contribution in [0.2, 0.25) is 0 Å². The zero-order valence-corrected chi connectivity index (χ0v) is 15.9. The summed E-state index contributed by atoms with van der Waals surface area (Å²) in [6, 6.07) is 14.5. The van der Waals surface area contributed by atoms with Crippen LogP contribution in [0.15, 0.2) is 52.8 Å². The number of guanidine groups is 1. The van der Waals surface area contributed by atoms with Crippen LogP contribution in [0.5, 0.6) is 0 Å². The molecule has 0 aliphatic heterocycles. The first-order valence-corrected chi connectivity index (χ1v) is 10.2. The largest absolute Gasteiger partial charge is 0.386 e. The molecule has 0 radical (unpaired) electrons. The Kier molecular flexibility index (Phi) is 6.44. The third-order valence-corrected chi connectivity index (χ3v) is 5.94. The van der Waals surface area contributed by atoms with Crippen molar-refractivity contribution in [1.82, 2.24) is 10.6 Å². The van der Waals surface area contributed by atoms with E-state index in [0.717, 1.165) is 30.3 Å². The van der Waals surface area contributed by atoms with Crippen molar-refractivity contribution >= 4 is 38.7 Å². The van der Waals surface area contributed by atoms with Crippen molar-refractivity contribution in [2.75, 3.05) is 19.6 Å². The van der Waals surface area contributed by atoms with E-state index in [9.17, 15) is 5.11 Å². The Hall–Kier alpha value is -1.89. The Bertz CT molecular complexity index is 778. The van der Waals surface area contributed by atoms with Crippen molar-refractivity contribution in [3.63, 3.8) is 0 Å². The molecule has 2 aromatic heterocycles. The topological polar surface area (TPSA) is 56.7 Å². The predicted molar refractivity (Wildman–Crippen MR) is 109 cm³/mol. The zero-order chi connectivity index (χ0) is 17.5. The van der Waals surface area contributed by atoms with Crippen molar-refractivity contribution in [3.05, 3.63) is 57.6 Å². The number of hydrogen-bond acceptors (Lipinski definition) is 4. The minimum atomic E-state index is -0.579. The van der Waals surface area contributed by atoms with Gasteiger partial charge in [0.15, 0.2) is 5.96 Å². The molecule has 6 heteroatoms. The van der Waals surface area contributed by atoms with Crippen LogP contribution in [0.1, 0.15) is 22.8 Å². The fraction of sp³-hybridized carbons (Fsp3) is 0.316. The van der Waals surface area contributed by atoms with Gasteiger partial charge in [0, 0.05) is 27.5 Å². The Morgan fingerprint density at radius 1 is 1.20 bits per heavy atom. The third kappa shape index (κ3) is 5.04. The van der Waals surface area contributed by atoms with E-state index in [1.54, 1.807) is 22.7 Å². The van der Waals surface area contributed by atoms with Gasteiger partial charge >= 0.3 is 0 Å². The van der Waals surface area contributed by atoms with Crippen LogP contribution in [-0.2, 0) is 6.42 Å². The molecule has 0 aliphatic carbocycles. The summed E-state index contributed by atoms with van der Waals surface area (Å²) in [5, 5.41) is 20.3. The standard InChI is InChI=1S/C19H23N3OS2/c1-2-20-19(21-10-9-15-7-5-11-24-15)22-13-16(23)18-12-14-6-3-4-8-17(14)25-18/h3-8,11-12,16,23H,2,9-10,13H2,1H3,(H2,20,21,22). The number of aliphatic hydroxyl groups excluding tert-OH is 1. The van der Waals surface area contributed by atoms with Crippen LogP contribution in [0.25, 0.3) is 10.1 Å². The molecule has 0 saturated carbocycles. The molecule has 25 heavy (non-hydrogen) atoms.